The minimum Gasteiger partial charge on any atom is -0.497 e. The van der Waals surface area contributed by atoms with E-state index in [1.807, 2.05) is 12.1 Å². The molecule has 6 heteroatoms. The molecule has 2 aromatic rings. The van der Waals surface area contributed by atoms with E-state index in [9.17, 15) is 14.4 Å². The Morgan fingerprint density at radius 3 is 2.52 bits per heavy atom. The van der Waals surface area contributed by atoms with Crippen LogP contribution in [0.15, 0.2) is 48.5 Å². The van der Waals surface area contributed by atoms with E-state index in [0.29, 0.717) is 16.8 Å². The molecular weight excluding hydrogens is 320 g/mol. The van der Waals surface area contributed by atoms with Gasteiger partial charge >= 0.3 is 0 Å². The number of carbonyl (C=O) groups excluding carboxylic acids is 3. The largest absolute Gasteiger partial charge is 0.497 e. The van der Waals surface area contributed by atoms with Crippen molar-refractivity contribution in [3.63, 3.8) is 0 Å². The molecule has 0 saturated heterocycles. The topological polar surface area (TPSA) is 89.7 Å². The molecule has 1 aliphatic rings. The summed E-state index contributed by atoms with van der Waals surface area (Å²) in [4.78, 5) is 36.9. The number of primary amides is 1. The number of carbonyl (C=O) groups is 3. The number of Topliss-reactive ketones (excluding diaryl/α,β-unsaturated/α-hetero) is 1. The first-order valence-corrected chi connectivity index (χ1v) is 7.60. The Hall–Kier alpha value is -3.41. The smallest absolute Gasteiger partial charge is 0.299 e. The maximum atomic E-state index is 12.3. The van der Waals surface area contributed by atoms with E-state index in [1.54, 1.807) is 37.4 Å². The predicted octanol–water partition coefficient (Wildman–Crippen LogP) is 1.92. The maximum Gasteiger partial charge on any atom is 0.299 e. The van der Waals surface area contributed by atoms with E-state index in [4.69, 9.17) is 10.5 Å². The summed E-state index contributed by atoms with van der Waals surface area (Å²) in [6.07, 6.45) is 2.71. The van der Waals surface area contributed by atoms with Gasteiger partial charge in [0, 0.05) is 6.08 Å². The molecule has 0 bridgehead atoms. The fourth-order valence-corrected chi connectivity index (χ4v) is 2.67. The number of amides is 2. The first kappa shape index (κ1) is 16.4. The number of nitrogens with zero attached hydrogens (tertiary/aromatic N) is 1. The monoisotopic (exact) mass is 336 g/mol. The van der Waals surface area contributed by atoms with E-state index in [1.165, 1.54) is 17.1 Å². The van der Waals surface area contributed by atoms with E-state index in [2.05, 4.69) is 0 Å². The number of methoxy groups -OCH3 is 1. The lowest BCUT2D eigenvalue weighted by Crippen LogP contribution is -2.29. The Kier molecular flexibility index (Phi) is 4.35. The third-order valence-electron chi connectivity index (χ3n) is 3.94. The molecule has 25 heavy (non-hydrogen) atoms. The summed E-state index contributed by atoms with van der Waals surface area (Å²) in [5.74, 6) is -0.984. The molecule has 0 radical (unpaired) electrons. The van der Waals surface area contributed by atoms with Gasteiger partial charge in [-0.25, -0.2) is 0 Å². The number of nitrogens with two attached hydrogens (primary N) is 1. The van der Waals surface area contributed by atoms with Crippen LogP contribution in [0.5, 0.6) is 5.75 Å². The Morgan fingerprint density at radius 2 is 1.88 bits per heavy atom. The van der Waals surface area contributed by atoms with Gasteiger partial charge in [-0.1, -0.05) is 18.2 Å². The van der Waals surface area contributed by atoms with Crippen molar-refractivity contribution in [2.75, 3.05) is 12.0 Å². The van der Waals surface area contributed by atoms with Gasteiger partial charge in [0.2, 0.25) is 5.91 Å². The highest BCUT2D eigenvalue weighted by molar-refractivity contribution is 6.52. The molecule has 0 fully saturated rings. The highest BCUT2D eigenvalue weighted by Gasteiger charge is 2.35. The van der Waals surface area contributed by atoms with Crippen molar-refractivity contribution in [2.45, 2.75) is 6.54 Å². The SMILES string of the molecule is COc1ccc(CN2C(=O)C(=O)c3cc(/C=C/C(N)=O)ccc32)cc1. The summed E-state index contributed by atoms with van der Waals surface area (Å²) in [7, 11) is 1.58. The third kappa shape index (κ3) is 3.28. The summed E-state index contributed by atoms with van der Waals surface area (Å²) in [6.45, 7) is 0.290. The van der Waals surface area contributed by atoms with E-state index < -0.39 is 17.6 Å². The molecule has 0 unspecified atom stereocenters. The average Bonchev–Trinajstić information content (AvgIpc) is 2.85. The van der Waals surface area contributed by atoms with Crippen molar-refractivity contribution in [2.24, 2.45) is 5.73 Å². The standard InChI is InChI=1S/C19H16N2O4/c1-25-14-6-2-13(3-7-14)11-21-16-8-4-12(5-9-17(20)22)10-15(16)18(23)19(21)24/h2-10H,11H2,1H3,(H2,20,22)/b9-5+. The molecule has 3 rings (SSSR count). The number of hydrogen-bond donors (Lipinski definition) is 1. The van der Waals surface area contributed by atoms with Crippen molar-refractivity contribution < 1.29 is 19.1 Å². The predicted molar refractivity (Wildman–Crippen MR) is 93.2 cm³/mol. The van der Waals surface area contributed by atoms with Gasteiger partial charge in [-0.2, -0.15) is 0 Å². The molecule has 0 spiro atoms. The first-order chi connectivity index (χ1) is 12.0. The number of rotatable bonds is 5. The van der Waals surface area contributed by atoms with Crippen molar-refractivity contribution >= 4 is 29.4 Å². The summed E-state index contributed by atoms with van der Waals surface area (Å²) < 4.78 is 5.11. The van der Waals surface area contributed by atoms with Crippen LogP contribution >= 0.6 is 0 Å². The van der Waals surface area contributed by atoms with Crippen LogP contribution in [-0.4, -0.2) is 24.7 Å². The molecule has 0 saturated carbocycles. The molecule has 0 aromatic heterocycles. The van der Waals surface area contributed by atoms with Crippen LogP contribution in [0.1, 0.15) is 21.5 Å². The third-order valence-corrected chi connectivity index (χ3v) is 3.94. The highest BCUT2D eigenvalue weighted by atomic mass is 16.5. The van der Waals surface area contributed by atoms with E-state index >= 15 is 0 Å². The molecule has 2 N–H and O–H groups in total. The van der Waals surface area contributed by atoms with Crippen molar-refractivity contribution in [1.29, 1.82) is 0 Å². The van der Waals surface area contributed by atoms with Gasteiger partial charge in [0.25, 0.3) is 11.7 Å². The maximum absolute atomic E-state index is 12.3. The number of ketones is 1. The second-order valence-electron chi connectivity index (χ2n) is 5.58. The van der Waals surface area contributed by atoms with E-state index in [0.717, 1.165) is 11.3 Å². The average molecular weight is 336 g/mol. The molecule has 1 aliphatic heterocycles. The molecule has 1 heterocycles. The van der Waals surface area contributed by atoms with Crippen molar-refractivity contribution in [3.05, 3.63) is 65.2 Å². The molecule has 0 aliphatic carbocycles. The van der Waals surface area contributed by atoms with E-state index in [-0.39, 0.29) is 6.54 Å². The van der Waals surface area contributed by atoms with Crippen LogP contribution in [-0.2, 0) is 16.1 Å². The van der Waals surface area contributed by atoms with Gasteiger partial charge < -0.3 is 15.4 Å². The van der Waals surface area contributed by atoms with Crippen molar-refractivity contribution in [1.82, 2.24) is 0 Å². The normalized spacial score (nSPS) is 13.4. The fourth-order valence-electron chi connectivity index (χ4n) is 2.67. The summed E-state index contributed by atoms with van der Waals surface area (Å²) in [5, 5.41) is 0. The minimum absolute atomic E-state index is 0.290. The minimum atomic E-state index is -0.580. The molecule has 6 nitrogen and oxygen atoms in total. The van der Waals surface area contributed by atoms with Gasteiger partial charge in [0.15, 0.2) is 0 Å². The van der Waals surface area contributed by atoms with Gasteiger partial charge in [-0.05, 0) is 41.5 Å². The van der Waals surface area contributed by atoms with Crippen LogP contribution in [0.2, 0.25) is 0 Å². The fraction of sp³-hybridized carbons (Fsp3) is 0.105. The molecule has 2 amide bonds. The molecule has 2 aromatic carbocycles. The van der Waals surface area contributed by atoms with Crippen LogP contribution in [0.25, 0.3) is 6.08 Å². The molecule has 0 atom stereocenters. The van der Waals surface area contributed by atoms with Crippen LogP contribution in [0, 0.1) is 0 Å². The zero-order valence-corrected chi connectivity index (χ0v) is 13.6. The number of anilines is 1. The Labute approximate surface area is 144 Å². The molecule has 126 valence electrons. The number of benzene rings is 2. The zero-order valence-electron chi connectivity index (χ0n) is 13.6. The second-order valence-corrected chi connectivity index (χ2v) is 5.58. The summed E-state index contributed by atoms with van der Waals surface area (Å²) in [5.41, 5.74) is 7.46. The zero-order chi connectivity index (χ0) is 18.0. The van der Waals surface area contributed by atoms with Crippen LogP contribution < -0.4 is 15.4 Å². The number of ether oxygens (including phenoxy) is 1. The Balaban J connectivity index is 1.89. The molecular formula is C19H16N2O4. The van der Waals surface area contributed by atoms with Crippen LogP contribution in [0.3, 0.4) is 0 Å². The Morgan fingerprint density at radius 1 is 1.16 bits per heavy atom. The summed E-state index contributed by atoms with van der Waals surface area (Å²) >= 11 is 0. The quantitative estimate of drug-likeness (QED) is 0.667. The van der Waals surface area contributed by atoms with Gasteiger partial charge in [-0.15, -0.1) is 0 Å². The lowest BCUT2D eigenvalue weighted by molar-refractivity contribution is -0.114. The second kappa shape index (κ2) is 6.60. The highest BCUT2D eigenvalue weighted by Crippen LogP contribution is 2.31. The van der Waals surface area contributed by atoms with Gasteiger partial charge in [-0.3, -0.25) is 14.4 Å². The van der Waals surface area contributed by atoms with Crippen molar-refractivity contribution in [3.8, 4) is 5.75 Å². The van der Waals surface area contributed by atoms with Gasteiger partial charge in [0.05, 0.1) is 24.9 Å². The Bertz CT molecular complexity index is 885. The lowest BCUT2D eigenvalue weighted by Gasteiger charge is -2.17. The lowest BCUT2D eigenvalue weighted by atomic mass is 10.1. The first-order valence-electron chi connectivity index (χ1n) is 7.60. The van der Waals surface area contributed by atoms with Gasteiger partial charge in [0.1, 0.15) is 5.75 Å². The number of hydrogen-bond acceptors (Lipinski definition) is 4. The number of fused-ring (bicyclic) bond motifs is 1. The van der Waals surface area contributed by atoms with Crippen LogP contribution in [0.4, 0.5) is 5.69 Å². The summed E-state index contributed by atoms with van der Waals surface area (Å²) in [6, 6.07) is 12.3.